The second-order valence-corrected chi connectivity index (χ2v) is 11.3. The van der Waals surface area contributed by atoms with Gasteiger partial charge in [0.25, 0.3) is 0 Å². The molecule has 0 radical (unpaired) electrons. The molecular weight excluding hydrogens is 230 g/mol. The lowest BCUT2D eigenvalue weighted by Crippen LogP contribution is -2.06. The summed E-state index contributed by atoms with van der Waals surface area (Å²) in [5.74, 6) is 0.389. The van der Waals surface area contributed by atoms with E-state index >= 15 is 0 Å². The highest BCUT2D eigenvalue weighted by molar-refractivity contribution is 7.83. The number of benzene rings is 1. The molecule has 0 aliphatic heterocycles. The smallest absolute Gasteiger partial charge is 0.119 e. The van der Waals surface area contributed by atoms with Gasteiger partial charge in [0.1, 0.15) is 12.9 Å². The Morgan fingerprint density at radius 2 is 1.53 bits per heavy atom. The van der Waals surface area contributed by atoms with Gasteiger partial charge in [-0.3, -0.25) is 0 Å². The van der Waals surface area contributed by atoms with Crippen molar-refractivity contribution in [2.24, 2.45) is 0 Å². The Labute approximate surface area is 90.3 Å². The Morgan fingerprint density at radius 1 is 1.07 bits per heavy atom. The van der Waals surface area contributed by atoms with Gasteiger partial charge in [0.2, 0.25) is 0 Å². The highest BCUT2D eigenvalue weighted by Gasteiger charge is 2.24. The predicted molar refractivity (Wildman–Crippen MR) is 65.6 cm³/mol. The lowest BCUT2D eigenvalue weighted by molar-refractivity contribution is 0.475. The van der Waals surface area contributed by atoms with Gasteiger partial charge in [0.05, 0.1) is 13.0 Å². The maximum atomic E-state index is 12.3. The minimum Gasteiger partial charge on any atom is -0.508 e. The quantitative estimate of drug-likeness (QED) is 0.834. The van der Waals surface area contributed by atoms with Crippen molar-refractivity contribution in [1.82, 2.24) is 0 Å². The summed E-state index contributed by atoms with van der Waals surface area (Å²) in [4.78, 5) is 0. The van der Waals surface area contributed by atoms with Gasteiger partial charge in [-0.2, -0.15) is 0 Å². The molecule has 84 valence electrons. The van der Waals surface area contributed by atoms with Gasteiger partial charge in [-0.25, -0.2) is 0 Å². The van der Waals surface area contributed by atoms with Crippen LogP contribution in [0.2, 0.25) is 0 Å². The Bertz CT molecular complexity index is 430. The maximum absolute atomic E-state index is 12.3. The van der Waals surface area contributed by atoms with E-state index in [9.17, 15) is 9.13 Å². The van der Waals surface area contributed by atoms with Crippen molar-refractivity contribution in [3.8, 4) is 5.75 Å². The molecule has 1 aromatic carbocycles. The molecule has 0 heterocycles. The van der Waals surface area contributed by atoms with Crippen LogP contribution in [0.15, 0.2) is 24.3 Å². The fourth-order valence-electron chi connectivity index (χ4n) is 1.50. The van der Waals surface area contributed by atoms with Gasteiger partial charge in [-0.1, -0.05) is 0 Å². The van der Waals surface area contributed by atoms with Crippen molar-refractivity contribution in [2.75, 3.05) is 25.9 Å². The van der Waals surface area contributed by atoms with Crippen molar-refractivity contribution in [3.63, 3.8) is 0 Å². The van der Waals surface area contributed by atoms with Gasteiger partial charge in [0.15, 0.2) is 0 Å². The van der Waals surface area contributed by atoms with Crippen molar-refractivity contribution in [1.29, 1.82) is 0 Å². The fraction of sp³-hybridized carbons (Fsp3) is 0.400. The Kier molecular flexibility index (Phi) is 3.48. The van der Waals surface area contributed by atoms with Crippen LogP contribution in [0.3, 0.4) is 0 Å². The first-order valence-corrected chi connectivity index (χ1v) is 9.73. The third-order valence-corrected chi connectivity index (χ3v) is 8.28. The first-order chi connectivity index (χ1) is 6.71. The summed E-state index contributed by atoms with van der Waals surface area (Å²) in [5.41, 5.74) is 0. The average Bonchev–Trinajstić information content (AvgIpc) is 2.00. The molecule has 0 amide bonds. The van der Waals surface area contributed by atoms with E-state index in [1.807, 2.05) is 0 Å². The number of hydrogen-bond donors (Lipinski definition) is 1. The maximum Gasteiger partial charge on any atom is 0.119 e. The molecule has 3 nitrogen and oxygen atoms in total. The topological polar surface area (TPSA) is 54.4 Å². The van der Waals surface area contributed by atoms with E-state index in [1.54, 1.807) is 32.1 Å². The number of rotatable bonds is 3. The Balaban J connectivity index is 3.01. The third-order valence-electron chi connectivity index (χ3n) is 2.01. The molecule has 1 unspecified atom stereocenters. The van der Waals surface area contributed by atoms with Gasteiger partial charge in [-0.05, 0) is 44.3 Å². The van der Waals surface area contributed by atoms with Crippen LogP contribution >= 0.6 is 14.3 Å². The van der Waals surface area contributed by atoms with E-state index in [2.05, 4.69) is 0 Å². The number of phenols is 1. The highest BCUT2D eigenvalue weighted by atomic mass is 31.2. The number of aromatic hydroxyl groups is 1. The zero-order valence-corrected chi connectivity index (χ0v) is 11.0. The molecule has 1 rings (SSSR count). The fourth-order valence-corrected chi connectivity index (χ4v) is 8.13. The van der Waals surface area contributed by atoms with Crippen LogP contribution in [0.25, 0.3) is 0 Å². The monoisotopic (exact) mass is 246 g/mol. The highest BCUT2D eigenvalue weighted by Crippen LogP contribution is 2.54. The molecule has 0 saturated heterocycles. The van der Waals surface area contributed by atoms with Gasteiger partial charge >= 0.3 is 0 Å². The van der Waals surface area contributed by atoms with Crippen molar-refractivity contribution >= 4 is 19.6 Å². The Morgan fingerprint density at radius 3 is 1.93 bits per heavy atom. The van der Waals surface area contributed by atoms with E-state index in [0.29, 0.717) is 5.30 Å². The summed E-state index contributed by atoms with van der Waals surface area (Å²) in [5, 5.41) is 9.78. The summed E-state index contributed by atoms with van der Waals surface area (Å²) < 4.78 is 23.9. The lowest BCUT2D eigenvalue weighted by atomic mass is 10.3. The number of hydrogen-bond acceptors (Lipinski definition) is 3. The molecule has 1 N–H and O–H groups in total. The number of phenolic OH excluding ortho intramolecular Hbond substituents is 1. The molecule has 15 heavy (non-hydrogen) atoms. The van der Waals surface area contributed by atoms with Crippen molar-refractivity contribution in [2.45, 2.75) is 0 Å². The largest absolute Gasteiger partial charge is 0.508 e. The van der Waals surface area contributed by atoms with Crippen LogP contribution < -0.4 is 5.30 Å². The molecule has 1 aromatic rings. The normalized spacial score (nSPS) is 15.9. The first-order valence-electron chi connectivity index (χ1n) is 4.61. The van der Waals surface area contributed by atoms with Gasteiger partial charge < -0.3 is 14.2 Å². The van der Waals surface area contributed by atoms with Crippen LogP contribution in [-0.4, -0.2) is 31.0 Å². The SMILES string of the molecule is CP(C)(=O)CP(C)(=O)c1ccc(O)cc1. The van der Waals surface area contributed by atoms with Crippen molar-refractivity contribution in [3.05, 3.63) is 24.3 Å². The third kappa shape index (κ3) is 3.85. The molecule has 0 fully saturated rings. The van der Waals surface area contributed by atoms with Crippen LogP contribution in [0.5, 0.6) is 5.75 Å². The standard InChI is InChI=1S/C10H16O3P2/c1-14(2,12)8-15(3,13)10-6-4-9(11)5-7-10/h4-7,11H,8H2,1-3H3. The minimum absolute atomic E-state index is 0.148. The van der Waals surface area contributed by atoms with Gasteiger partial charge in [-0.15, -0.1) is 0 Å². The molecular formula is C10H16O3P2. The summed E-state index contributed by atoms with van der Waals surface area (Å²) in [6.07, 6.45) is 0. The van der Waals surface area contributed by atoms with E-state index in [1.165, 1.54) is 12.1 Å². The molecule has 0 saturated carbocycles. The molecule has 0 bridgehead atoms. The summed E-state index contributed by atoms with van der Waals surface area (Å²) in [6.45, 7) is 4.92. The van der Waals surface area contributed by atoms with E-state index < -0.39 is 14.3 Å². The lowest BCUT2D eigenvalue weighted by Gasteiger charge is -2.16. The summed E-state index contributed by atoms with van der Waals surface area (Å²) >= 11 is 0. The first kappa shape index (κ1) is 12.5. The van der Waals surface area contributed by atoms with Crippen LogP contribution in [-0.2, 0) is 9.13 Å². The molecule has 0 spiro atoms. The van der Waals surface area contributed by atoms with E-state index in [-0.39, 0.29) is 11.7 Å². The van der Waals surface area contributed by atoms with E-state index in [0.717, 1.165) is 0 Å². The Hall–Kier alpha value is -0.520. The van der Waals surface area contributed by atoms with Crippen LogP contribution in [0.1, 0.15) is 0 Å². The minimum atomic E-state index is -2.56. The predicted octanol–water partition coefficient (Wildman–Crippen LogP) is 2.59. The van der Waals surface area contributed by atoms with Gasteiger partial charge in [0, 0.05) is 5.30 Å². The molecule has 0 aromatic heterocycles. The average molecular weight is 246 g/mol. The summed E-state index contributed by atoms with van der Waals surface area (Å²) in [7, 11) is -4.85. The second kappa shape index (κ2) is 4.15. The van der Waals surface area contributed by atoms with E-state index in [4.69, 9.17) is 5.11 Å². The zero-order valence-electron chi connectivity index (χ0n) is 9.17. The molecule has 0 aliphatic rings. The second-order valence-electron chi connectivity index (χ2n) is 4.33. The molecule has 0 aliphatic carbocycles. The summed E-state index contributed by atoms with van der Waals surface area (Å²) in [6, 6.07) is 6.26. The van der Waals surface area contributed by atoms with Crippen LogP contribution in [0.4, 0.5) is 0 Å². The van der Waals surface area contributed by atoms with Crippen molar-refractivity contribution < 1.29 is 14.2 Å². The zero-order chi connectivity index (χ0) is 11.7. The molecule has 5 heteroatoms. The van der Waals surface area contributed by atoms with Crippen LogP contribution in [0, 0.1) is 0 Å². The molecule has 1 atom stereocenters.